The normalized spacial score (nSPS) is 14.7. The van der Waals surface area contributed by atoms with Crippen LogP contribution in [-0.4, -0.2) is 33.7 Å². The number of nitrogens with one attached hydrogen (secondary N) is 1. The molecule has 0 radical (unpaired) electrons. The molecule has 1 aliphatic heterocycles. The lowest BCUT2D eigenvalue weighted by Gasteiger charge is -2.26. The number of benzene rings is 2. The molecular formula is C23H26N4O. The lowest BCUT2D eigenvalue weighted by atomic mass is 10.1. The second-order valence-corrected chi connectivity index (χ2v) is 7.39. The molecule has 1 fully saturated rings. The van der Waals surface area contributed by atoms with Gasteiger partial charge in [-0.15, -0.1) is 0 Å². The van der Waals surface area contributed by atoms with Crippen molar-refractivity contribution in [1.82, 2.24) is 14.7 Å². The summed E-state index contributed by atoms with van der Waals surface area (Å²) in [6.45, 7) is 4.07. The van der Waals surface area contributed by atoms with Gasteiger partial charge in [0.2, 0.25) is 0 Å². The van der Waals surface area contributed by atoms with Crippen LogP contribution >= 0.6 is 0 Å². The number of rotatable bonds is 6. The molecule has 0 aliphatic carbocycles. The summed E-state index contributed by atoms with van der Waals surface area (Å²) in [5, 5.41) is 7.19. The third kappa shape index (κ3) is 4.87. The molecule has 1 saturated heterocycles. The first kappa shape index (κ1) is 18.4. The molecule has 2 aromatic carbocycles. The van der Waals surface area contributed by atoms with Crippen molar-refractivity contribution in [3.05, 3.63) is 83.7 Å². The van der Waals surface area contributed by atoms with Crippen LogP contribution in [0, 0.1) is 0 Å². The molecule has 1 aliphatic rings. The van der Waals surface area contributed by atoms with E-state index < -0.39 is 0 Å². The van der Waals surface area contributed by atoms with Crippen LogP contribution in [0.4, 0.5) is 5.69 Å². The topological polar surface area (TPSA) is 50.2 Å². The highest BCUT2D eigenvalue weighted by molar-refractivity contribution is 6.04. The number of hydrogen-bond acceptors (Lipinski definition) is 3. The number of carbonyl (C=O) groups excluding carboxylic acids is 1. The SMILES string of the molecule is O=C(Nc1ccc(CN2CCCCC2)cc1)c1ccc(Cn2cccn2)cc1. The molecule has 0 spiro atoms. The van der Waals surface area contributed by atoms with Gasteiger partial charge < -0.3 is 5.32 Å². The number of hydrogen-bond donors (Lipinski definition) is 1. The van der Waals surface area contributed by atoms with Gasteiger partial charge in [0.15, 0.2) is 0 Å². The Kier molecular flexibility index (Phi) is 5.83. The van der Waals surface area contributed by atoms with E-state index in [-0.39, 0.29) is 5.91 Å². The summed E-state index contributed by atoms with van der Waals surface area (Å²) in [4.78, 5) is 15.0. The van der Waals surface area contributed by atoms with Crippen molar-refractivity contribution in [1.29, 1.82) is 0 Å². The van der Waals surface area contributed by atoms with Crippen LogP contribution in [0.1, 0.15) is 40.7 Å². The van der Waals surface area contributed by atoms with Gasteiger partial charge in [-0.25, -0.2) is 0 Å². The maximum Gasteiger partial charge on any atom is 0.255 e. The lowest BCUT2D eigenvalue weighted by Crippen LogP contribution is -2.29. The molecule has 28 heavy (non-hydrogen) atoms. The number of nitrogens with zero attached hydrogens (tertiary/aromatic N) is 3. The summed E-state index contributed by atoms with van der Waals surface area (Å²) < 4.78 is 1.86. The number of piperidine rings is 1. The molecule has 3 aromatic rings. The van der Waals surface area contributed by atoms with E-state index in [9.17, 15) is 4.79 Å². The monoisotopic (exact) mass is 374 g/mol. The zero-order chi connectivity index (χ0) is 19.2. The molecule has 0 saturated carbocycles. The van der Waals surface area contributed by atoms with E-state index >= 15 is 0 Å². The first-order valence-electron chi connectivity index (χ1n) is 9.95. The number of anilines is 1. The molecule has 0 unspecified atom stereocenters. The second kappa shape index (κ2) is 8.85. The first-order chi connectivity index (χ1) is 13.8. The highest BCUT2D eigenvalue weighted by Crippen LogP contribution is 2.16. The molecule has 2 heterocycles. The zero-order valence-electron chi connectivity index (χ0n) is 16.1. The van der Waals surface area contributed by atoms with Crippen LogP contribution in [-0.2, 0) is 13.1 Å². The average molecular weight is 374 g/mol. The van der Waals surface area contributed by atoms with Crippen LogP contribution in [0.15, 0.2) is 67.0 Å². The molecule has 5 heteroatoms. The zero-order valence-corrected chi connectivity index (χ0v) is 16.1. The fraction of sp³-hybridized carbons (Fsp3) is 0.304. The van der Waals surface area contributed by atoms with Crippen LogP contribution in [0.25, 0.3) is 0 Å². The van der Waals surface area contributed by atoms with Gasteiger partial charge in [0.1, 0.15) is 0 Å². The van der Waals surface area contributed by atoms with Crippen LogP contribution in [0.2, 0.25) is 0 Å². The summed E-state index contributed by atoms with van der Waals surface area (Å²) in [6, 6.07) is 17.8. The summed E-state index contributed by atoms with van der Waals surface area (Å²) in [5.74, 6) is -0.0885. The molecule has 1 N–H and O–H groups in total. The van der Waals surface area contributed by atoms with Gasteiger partial charge in [0.25, 0.3) is 5.91 Å². The average Bonchev–Trinajstić information content (AvgIpc) is 3.24. The highest BCUT2D eigenvalue weighted by atomic mass is 16.1. The minimum absolute atomic E-state index is 0.0885. The van der Waals surface area contributed by atoms with Gasteiger partial charge >= 0.3 is 0 Å². The highest BCUT2D eigenvalue weighted by Gasteiger charge is 2.11. The Labute approximate surface area is 166 Å². The van der Waals surface area contributed by atoms with Gasteiger partial charge in [0, 0.05) is 30.2 Å². The van der Waals surface area contributed by atoms with E-state index in [1.54, 1.807) is 6.20 Å². The summed E-state index contributed by atoms with van der Waals surface area (Å²) in [6.07, 6.45) is 7.64. The number of carbonyl (C=O) groups is 1. The van der Waals surface area contributed by atoms with Crippen molar-refractivity contribution in [2.75, 3.05) is 18.4 Å². The predicted octanol–water partition coefficient (Wildman–Crippen LogP) is 4.17. The van der Waals surface area contributed by atoms with Crippen molar-refractivity contribution in [3.63, 3.8) is 0 Å². The largest absolute Gasteiger partial charge is 0.322 e. The number of amides is 1. The minimum Gasteiger partial charge on any atom is -0.322 e. The Morgan fingerprint density at radius 3 is 2.25 bits per heavy atom. The van der Waals surface area contributed by atoms with Crippen LogP contribution in [0.5, 0.6) is 0 Å². The summed E-state index contributed by atoms with van der Waals surface area (Å²) in [7, 11) is 0. The number of aromatic nitrogens is 2. The summed E-state index contributed by atoms with van der Waals surface area (Å²) >= 11 is 0. The fourth-order valence-electron chi connectivity index (χ4n) is 3.62. The molecule has 1 amide bonds. The Bertz CT molecular complexity index is 879. The quantitative estimate of drug-likeness (QED) is 0.704. The summed E-state index contributed by atoms with van der Waals surface area (Å²) in [5.41, 5.74) is 3.89. The maximum atomic E-state index is 12.5. The smallest absolute Gasteiger partial charge is 0.255 e. The number of likely N-dealkylation sites (tertiary alicyclic amines) is 1. The third-order valence-corrected chi connectivity index (χ3v) is 5.19. The van der Waals surface area contributed by atoms with Gasteiger partial charge in [-0.05, 0) is 67.4 Å². The van der Waals surface area contributed by atoms with E-state index in [1.807, 2.05) is 53.3 Å². The maximum absolute atomic E-state index is 12.5. The van der Waals surface area contributed by atoms with Gasteiger partial charge in [-0.3, -0.25) is 14.4 Å². The molecule has 0 bridgehead atoms. The van der Waals surface area contributed by atoms with Crippen molar-refractivity contribution in [2.45, 2.75) is 32.4 Å². The minimum atomic E-state index is -0.0885. The van der Waals surface area contributed by atoms with Crippen LogP contribution < -0.4 is 5.32 Å². The molecular weight excluding hydrogens is 348 g/mol. The van der Waals surface area contributed by atoms with E-state index in [2.05, 4.69) is 27.4 Å². The molecule has 0 atom stereocenters. The van der Waals surface area contributed by atoms with Crippen molar-refractivity contribution in [2.24, 2.45) is 0 Å². The fourth-order valence-corrected chi connectivity index (χ4v) is 3.62. The van der Waals surface area contributed by atoms with E-state index in [0.29, 0.717) is 12.1 Å². The molecule has 144 valence electrons. The van der Waals surface area contributed by atoms with Crippen molar-refractivity contribution < 1.29 is 4.79 Å². The Hall–Kier alpha value is -2.92. The Balaban J connectivity index is 1.32. The Morgan fingerprint density at radius 2 is 1.57 bits per heavy atom. The predicted molar refractivity (Wildman–Crippen MR) is 111 cm³/mol. The van der Waals surface area contributed by atoms with Crippen molar-refractivity contribution >= 4 is 11.6 Å². The van der Waals surface area contributed by atoms with Gasteiger partial charge in [-0.2, -0.15) is 5.10 Å². The lowest BCUT2D eigenvalue weighted by molar-refractivity contribution is 0.102. The first-order valence-corrected chi connectivity index (χ1v) is 9.95. The molecule has 1 aromatic heterocycles. The van der Waals surface area contributed by atoms with Crippen molar-refractivity contribution in [3.8, 4) is 0 Å². The molecule has 5 nitrogen and oxygen atoms in total. The van der Waals surface area contributed by atoms with E-state index in [4.69, 9.17) is 0 Å². The van der Waals surface area contributed by atoms with Crippen LogP contribution in [0.3, 0.4) is 0 Å². The van der Waals surface area contributed by atoms with E-state index in [0.717, 1.165) is 17.8 Å². The third-order valence-electron chi connectivity index (χ3n) is 5.19. The van der Waals surface area contributed by atoms with Gasteiger partial charge in [-0.1, -0.05) is 30.7 Å². The Morgan fingerprint density at radius 1 is 0.893 bits per heavy atom. The van der Waals surface area contributed by atoms with E-state index in [1.165, 1.54) is 37.9 Å². The molecule has 4 rings (SSSR count). The second-order valence-electron chi connectivity index (χ2n) is 7.39. The van der Waals surface area contributed by atoms with Gasteiger partial charge in [0.05, 0.1) is 6.54 Å². The standard InChI is InChI=1S/C23H26N4O/c28-23(21-9-5-20(6-10-21)18-27-16-4-13-24-27)25-22-11-7-19(8-12-22)17-26-14-2-1-3-15-26/h4-13,16H,1-3,14-15,17-18H2,(H,25,28).